The fourth-order valence-corrected chi connectivity index (χ4v) is 1.63. The van der Waals surface area contributed by atoms with Gasteiger partial charge in [0, 0.05) is 13.6 Å². The van der Waals surface area contributed by atoms with Crippen LogP contribution in [0.4, 0.5) is 16.2 Å². The Labute approximate surface area is 105 Å². The number of rotatable bonds is 5. The summed E-state index contributed by atoms with van der Waals surface area (Å²) in [5.41, 5.74) is 0. The molecule has 2 rings (SSSR count). The van der Waals surface area contributed by atoms with Crippen LogP contribution in [0.25, 0.3) is 0 Å². The molecular weight excluding hydrogens is 235 g/mol. The lowest BCUT2D eigenvalue weighted by Gasteiger charge is -2.21. The Morgan fingerprint density at radius 1 is 1.50 bits per heavy atom. The Morgan fingerprint density at radius 3 is 2.94 bits per heavy atom. The first kappa shape index (κ1) is 12.3. The summed E-state index contributed by atoms with van der Waals surface area (Å²) in [6.07, 6.45) is 2.76. The van der Waals surface area contributed by atoms with E-state index in [1.54, 1.807) is 24.3 Å². The van der Waals surface area contributed by atoms with Crippen molar-refractivity contribution in [1.82, 2.24) is 9.97 Å². The molecule has 6 heteroatoms. The summed E-state index contributed by atoms with van der Waals surface area (Å²) in [5, 5.41) is 2.79. The quantitative estimate of drug-likeness (QED) is 0.882. The van der Waals surface area contributed by atoms with Gasteiger partial charge in [-0.1, -0.05) is 0 Å². The number of aromatic nitrogens is 2. The van der Waals surface area contributed by atoms with E-state index in [9.17, 15) is 4.39 Å². The van der Waals surface area contributed by atoms with Crippen LogP contribution in [0, 0.1) is 5.82 Å². The largest absolute Gasteiger partial charge is 0.467 e. The summed E-state index contributed by atoms with van der Waals surface area (Å²) in [4.78, 5) is 9.74. The van der Waals surface area contributed by atoms with Crippen molar-refractivity contribution in [3.8, 4) is 0 Å². The minimum absolute atomic E-state index is 0.272. The number of hydrogen-bond donors (Lipinski definition) is 1. The van der Waals surface area contributed by atoms with Gasteiger partial charge in [-0.15, -0.1) is 0 Å². The summed E-state index contributed by atoms with van der Waals surface area (Å²) in [6.45, 7) is 3.03. The van der Waals surface area contributed by atoms with Crippen molar-refractivity contribution < 1.29 is 8.81 Å². The van der Waals surface area contributed by atoms with Crippen molar-refractivity contribution in [1.29, 1.82) is 0 Å². The Bertz CT molecular complexity index is 501. The van der Waals surface area contributed by atoms with Crippen LogP contribution in [0.15, 0.2) is 29.0 Å². The average Bonchev–Trinajstić information content (AvgIpc) is 2.90. The number of furan rings is 1. The van der Waals surface area contributed by atoms with E-state index in [-0.39, 0.29) is 5.82 Å². The van der Waals surface area contributed by atoms with Crippen molar-refractivity contribution in [2.75, 3.05) is 23.8 Å². The third kappa shape index (κ3) is 2.58. The van der Waals surface area contributed by atoms with Gasteiger partial charge in [-0.05, 0) is 19.1 Å². The first-order valence-corrected chi connectivity index (χ1v) is 5.72. The van der Waals surface area contributed by atoms with E-state index in [0.717, 1.165) is 5.76 Å². The molecular formula is C12H15FN4O. The SMILES string of the molecule is CCN(Cc1ccco1)c1nc(NC)ncc1F. The molecule has 18 heavy (non-hydrogen) atoms. The van der Waals surface area contributed by atoms with Crippen molar-refractivity contribution >= 4 is 11.8 Å². The number of anilines is 2. The van der Waals surface area contributed by atoms with E-state index in [1.165, 1.54) is 6.20 Å². The molecule has 0 saturated heterocycles. The number of halogens is 1. The number of hydrogen-bond acceptors (Lipinski definition) is 5. The molecule has 2 heterocycles. The Hall–Kier alpha value is -2.11. The second-order valence-electron chi connectivity index (χ2n) is 3.71. The van der Waals surface area contributed by atoms with Gasteiger partial charge in [0.15, 0.2) is 11.6 Å². The van der Waals surface area contributed by atoms with Crippen LogP contribution >= 0.6 is 0 Å². The van der Waals surface area contributed by atoms with E-state index in [1.807, 2.05) is 13.0 Å². The van der Waals surface area contributed by atoms with Gasteiger partial charge in [0.2, 0.25) is 5.95 Å². The van der Waals surface area contributed by atoms with Crippen molar-refractivity contribution in [2.24, 2.45) is 0 Å². The van der Waals surface area contributed by atoms with Gasteiger partial charge >= 0.3 is 0 Å². The molecule has 2 aromatic rings. The fourth-order valence-electron chi connectivity index (χ4n) is 1.63. The van der Waals surface area contributed by atoms with Crippen molar-refractivity contribution in [3.05, 3.63) is 36.2 Å². The van der Waals surface area contributed by atoms with E-state index in [0.29, 0.717) is 19.0 Å². The number of nitrogens with zero attached hydrogens (tertiary/aromatic N) is 3. The van der Waals surface area contributed by atoms with Gasteiger partial charge in [0.05, 0.1) is 19.0 Å². The van der Waals surface area contributed by atoms with Gasteiger partial charge in [0.1, 0.15) is 5.76 Å². The van der Waals surface area contributed by atoms with Crippen LogP contribution < -0.4 is 10.2 Å². The highest BCUT2D eigenvalue weighted by molar-refractivity contribution is 5.43. The second-order valence-corrected chi connectivity index (χ2v) is 3.71. The summed E-state index contributed by atoms with van der Waals surface area (Å²) in [5.74, 6) is 0.987. The Kier molecular flexibility index (Phi) is 3.76. The Balaban J connectivity index is 2.26. The van der Waals surface area contributed by atoms with Crippen molar-refractivity contribution in [2.45, 2.75) is 13.5 Å². The van der Waals surface area contributed by atoms with Gasteiger partial charge in [-0.3, -0.25) is 0 Å². The highest BCUT2D eigenvalue weighted by Crippen LogP contribution is 2.19. The minimum atomic E-state index is -0.442. The van der Waals surface area contributed by atoms with Gasteiger partial charge in [-0.2, -0.15) is 4.98 Å². The van der Waals surface area contributed by atoms with Crippen LogP contribution in [0.1, 0.15) is 12.7 Å². The molecule has 0 amide bonds. The molecule has 96 valence electrons. The maximum atomic E-state index is 13.7. The average molecular weight is 250 g/mol. The zero-order valence-corrected chi connectivity index (χ0v) is 10.4. The monoisotopic (exact) mass is 250 g/mol. The predicted molar refractivity (Wildman–Crippen MR) is 67.0 cm³/mol. The van der Waals surface area contributed by atoms with Crippen LogP contribution in [0.2, 0.25) is 0 Å². The lowest BCUT2D eigenvalue weighted by Crippen LogP contribution is -2.24. The van der Waals surface area contributed by atoms with E-state index < -0.39 is 5.82 Å². The van der Waals surface area contributed by atoms with Crippen molar-refractivity contribution in [3.63, 3.8) is 0 Å². The normalized spacial score (nSPS) is 10.4. The van der Waals surface area contributed by atoms with E-state index in [4.69, 9.17) is 4.42 Å². The fraction of sp³-hybridized carbons (Fsp3) is 0.333. The molecule has 0 aliphatic heterocycles. The molecule has 0 atom stereocenters. The zero-order chi connectivity index (χ0) is 13.0. The van der Waals surface area contributed by atoms with E-state index in [2.05, 4.69) is 15.3 Å². The van der Waals surface area contributed by atoms with Crippen LogP contribution in [-0.4, -0.2) is 23.6 Å². The lowest BCUT2D eigenvalue weighted by molar-refractivity contribution is 0.499. The van der Waals surface area contributed by atoms with Crippen LogP contribution in [0.5, 0.6) is 0 Å². The maximum Gasteiger partial charge on any atom is 0.224 e. The standard InChI is InChI=1S/C12H15FN4O/c1-3-17(8-9-5-4-6-18-9)11-10(13)7-15-12(14-2)16-11/h4-7H,3,8H2,1-2H3,(H,14,15,16). The third-order valence-corrected chi connectivity index (χ3v) is 2.56. The molecule has 0 fully saturated rings. The molecule has 0 unspecified atom stereocenters. The predicted octanol–water partition coefficient (Wildman–Crippen LogP) is 2.28. The molecule has 0 aliphatic carbocycles. The second kappa shape index (κ2) is 5.48. The van der Waals surface area contributed by atoms with Gasteiger partial charge < -0.3 is 14.6 Å². The highest BCUT2D eigenvalue weighted by atomic mass is 19.1. The molecule has 0 radical (unpaired) electrons. The molecule has 0 spiro atoms. The molecule has 5 nitrogen and oxygen atoms in total. The molecule has 0 aliphatic rings. The maximum absolute atomic E-state index is 13.7. The van der Waals surface area contributed by atoms with Crippen LogP contribution in [0.3, 0.4) is 0 Å². The summed E-state index contributed by atoms with van der Waals surface area (Å²) >= 11 is 0. The highest BCUT2D eigenvalue weighted by Gasteiger charge is 2.14. The summed E-state index contributed by atoms with van der Waals surface area (Å²) in [7, 11) is 1.69. The Morgan fingerprint density at radius 2 is 2.33 bits per heavy atom. The topological polar surface area (TPSA) is 54.2 Å². The zero-order valence-electron chi connectivity index (χ0n) is 10.4. The first-order valence-electron chi connectivity index (χ1n) is 5.72. The molecule has 2 aromatic heterocycles. The summed E-state index contributed by atoms with van der Waals surface area (Å²) < 4.78 is 19.0. The lowest BCUT2D eigenvalue weighted by atomic mass is 10.3. The molecule has 0 saturated carbocycles. The van der Waals surface area contributed by atoms with Gasteiger partial charge in [0.25, 0.3) is 0 Å². The van der Waals surface area contributed by atoms with Crippen LogP contribution in [-0.2, 0) is 6.54 Å². The third-order valence-electron chi connectivity index (χ3n) is 2.56. The minimum Gasteiger partial charge on any atom is -0.467 e. The van der Waals surface area contributed by atoms with E-state index >= 15 is 0 Å². The molecule has 0 aromatic carbocycles. The first-order chi connectivity index (χ1) is 8.74. The molecule has 1 N–H and O–H groups in total. The number of nitrogens with one attached hydrogen (secondary N) is 1. The smallest absolute Gasteiger partial charge is 0.224 e. The summed E-state index contributed by atoms with van der Waals surface area (Å²) in [6, 6.07) is 3.65. The molecule has 0 bridgehead atoms. The van der Waals surface area contributed by atoms with Gasteiger partial charge in [-0.25, -0.2) is 9.37 Å².